The van der Waals surface area contributed by atoms with Crippen LogP contribution in [-0.2, 0) is 6.54 Å². The van der Waals surface area contributed by atoms with E-state index in [2.05, 4.69) is 17.1 Å². The predicted octanol–water partition coefficient (Wildman–Crippen LogP) is 3.18. The van der Waals surface area contributed by atoms with Gasteiger partial charge in [-0.3, -0.25) is 4.90 Å². The molecule has 112 valence electrons. The van der Waals surface area contributed by atoms with Gasteiger partial charge >= 0.3 is 0 Å². The minimum absolute atomic E-state index is 0.465. The lowest BCUT2D eigenvalue weighted by atomic mass is 9.97. The van der Waals surface area contributed by atoms with Gasteiger partial charge in [0.15, 0.2) is 11.6 Å². The summed E-state index contributed by atoms with van der Waals surface area (Å²) in [7, 11) is 0. The fourth-order valence-corrected chi connectivity index (χ4v) is 2.89. The van der Waals surface area contributed by atoms with Crippen LogP contribution in [0, 0.1) is 17.6 Å². The molecule has 20 heavy (non-hydrogen) atoms. The SMILES string of the molecule is CCCN(Cc1cccc(F)c1F)CC1CCNCC1. The summed E-state index contributed by atoms with van der Waals surface area (Å²) in [6.45, 7) is 6.67. The molecule has 0 saturated carbocycles. The van der Waals surface area contributed by atoms with Gasteiger partial charge in [-0.25, -0.2) is 8.78 Å². The maximum atomic E-state index is 13.8. The van der Waals surface area contributed by atoms with Gasteiger partial charge in [-0.15, -0.1) is 0 Å². The van der Waals surface area contributed by atoms with E-state index in [9.17, 15) is 8.78 Å². The summed E-state index contributed by atoms with van der Waals surface area (Å²) in [5.74, 6) is -0.779. The van der Waals surface area contributed by atoms with Gasteiger partial charge in [0.05, 0.1) is 0 Å². The Balaban J connectivity index is 1.98. The van der Waals surface area contributed by atoms with Gasteiger partial charge in [0, 0.05) is 18.7 Å². The standard InChI is InChI=1S/C16H24F2N2/c1-2-10-20(11-13-6-8-19-9-7-13)12-14-4-3-5-15(17)16(14)18/h3-5,13,19H,2,6-12H2,1H3. The van der Waals surface area contributed by atoms with Crippen molar-refractivity contribution in [1.82, 2.24) is 10.2 Å². The van der Waals surface area contributed by atoms with E-state index in [0.29, 0.717) is 18.0 Å². The first-order valence-electron chi connectivity index (χ1n) is 7.56. The predicted molar refractivity (Wildman–Crippen MR) is 77.5 cm³/mol. The van der Waals surface area contributed by atoms with Crippen molar-refractivity contribution < 1.29 is 8.78 Å². The van der Waals surface area contributed by atoms with Gasteiger partial charge in [0.1, 0.15) is 0 Å². The van der Waals surface area contributed by atoms with Gasteiger partial charge < -0.3 is 5.32 Å². The molecule has 1 heterocycles. The molecule has 0 aromatic heterocycles. The summed E-state index contributed by atoms with van der Waals surface area (Å²) in [4.78, 5) is 2.26. The number of hydrogen-bond acceptors (Lipinski definition) is 2. The second-order valence-corrected chi connectivity index (χ2v) is 5.64. The van der Waals surface area contributed by atoms with Crippen molar-refractivity contribution in [1.29, 1.82) is 0 Å². The fourth-order valence-electron chi connectivity index (χ4n) is 2.89. The topological polar surface area (TPSA) is 15.3 Å². The molecule has 1 aromatic rings. The summed E-state index contributed by atoms with van der Waals surface area (Å²) in [5.41, 5.74) is 0.465. The minimum atomic E-state index is -0.749. The average Bonchev–Trinajstić information content (AvgIpc) is 2.45. The second-order valence-electron chi connectivity index (χ2n) is 5.64. The largest absolute Gasteiger partial charge is 0.317 e. The first-order chi connectivity index (χ1) is 9.70. The highest BCUT2D eigenvalue weighted by Gasteiger charge is 2.18. The van der Waals surface area contributed by atoms with Crippen LogP contribution in [-0.4, -0.2) is 31.1 Å². The summed E-state index contributed by atoms with van der Waals surface area (Å²) < 4.78 is 27.0. The highest BCUT2D eigenvalue weighted by atomic mass is 19.2. The Morgan fingerprint density at radius 2 is 2.00 bits per heavy atom. The first-order valence-corrected chi connectivity index (χ1v) is 7.56. The van der Waals surface area contributed by atoms with Crippen LogP contribution in [0.1, 0.15) is 31.7 Å². The number of hydrogen-bond donors (Lipinski definition) is 1. The van der Waals surface area contributed by atoms with Gasteiger partial charge in [-0.2, -0.15) is 0 Å². The molecule has 2 nitrogen and oxygen atoms in total. The molecule has 4 heteroatoms. The van der Waals surface area contributed by atoms with E-state index in [1.807, 2.05) is 0 Å². The third-order valence-electron chi connectivity index (χ3n) is 3.94. The van der Waals surface area contributed by atoms with E-state index in [-0.39, 0.29) is 0 Å². The number of nitrogens with one attached hydrogen (secondary N) is 1. The van der Waals surface area contributed by atoms with Crippen molar-refractivity contribution in [3.8, 4) is 0 Å². The quantitative estimate of drug-likeness (QED) is 0.862. The lowest BCUT2D eigenvalue weighted by molar-refractivity contribution is 0.196. The third kappa shape index (κ3) is 4.25. The molecular weight excluding hydrogens is 258 g/mol. The zero-order chi connectivity index (χ0) is 14.4. The van der Waals surface area contributed by atoms with Crippen LogP contribution in [0.25, 0.3) is 0 Å². The number of benzene rings is 1. The molecule has 1 aliphatic heterocycles. The van der Waals surface area contributed by atoms with E-state index in [0.717, 1.165) is 32.6 Å². The van der Waals surface area contributed by atoms with Crippen molar-refractivity contribution in [2.24, 2.45) is 5.92 Å². The number of nitrogens with zero attached hydrogens (tertiary/aromatic N) is 1. The normalized spacial score (nSPS) is 16.8. The first kappa shape index (κ1) is 15.4. The van der Waals surface area contributed by atoms with E-state index < -0.39 is 11.6 Å². The summed E-state index contributed by atoms with van der Waals surface area (Å²) >= 11 is 0. The molecule has 0 unspecified atom stereocenters. The highest BCUT2D eigenvalue weighted by Crippen LogP contribution is 2.18. The lowest BCUT2D eigenvalue weighted by Crippen LogP contribution is -2.36. The maximum Gasteiger partial charge on any atom is 0.163 e. The molecule has 1 fully saturated rings. The van der Waals surface area contributed by atoms with Gasteiger partial charge in [0.25, 0.3) is 0 Å². The van der Waals surface area contributed by atoms with E-state index in [1.165, 1.54) is 18.9 Å². The van der Waals surface area contributed by atoms with Crippen LogP contribution in [0.3, 0.4) is 0 Å². The molecule has 1 aliphatic rings. The summed E-state index contributed by atoms with van der Waals surface area (Å²) in [5, 5.41) is 3.36. The second kappa shape index (κ2) is 7.70. The Labute approximate surface area is 120 Å². The molecule has 0 atom stereocenters. The Hall–Kier alpha value is -1.00. The Morgan fingerprint density at radius 3 is 2.70 bits per heavy atom. The monoisotopic (exact) mass is 282 g/mol. The molecule has 2 rings (SSSR count). The smallest absolute Gasteiger partial charge is 0.163 e. The van der Waals surface area contributed by atoms with Crippen LogP contribution in [0.5, 0.6) is 0 Å². The zero-order valence-corrected chi connectivity index (χ0v) is 12.2. The molecule has 0 radical (unpaired) electrons. The van der Waals surface area contributed by atoms with E-state index in [4.69, 9.17) is 0 Å². The highest BCUT2D eigenvalue weighted by molar-refractivity contribution is 5.18. The fraction of sp³-hybridized carbons (Fsp3) is 0.625. The number of piperidine rings is 1. The summed E-state index contributed by atoms with van der Waals surface area (Å²) in [6.07, 6.45) is 3.37. The van der Waals surface area contributed by atoms with Gasteiger partial charge in [-0.1, -0.05) is 19.1 Å². The average molecular weight is 282 g/mol. The zero-order valence-electron chi connectivity index (χ0n) is 12.2. The van der Waals surface area contributed by atoms with Crippen molar-refractivity contribution in [2.45, 2.75) is 32.7 Å². The van der Waals surface area contributed by atoms with Crippen LogP contribution < -0.4 is 5.32 Å². The Kier molecular flexibility index (Phi) is 5.92. The number of rotatable bonds is 6. The van der Waals surface area contributed by atoms with Gasteiger partial charge in [0.2, 0.25) is 0 Å². The van der Waals surface area contributed by atoms with Crippen LogP contribution in [0.15, 0.2) is 18.2 Å². The lowest BCUT2D eigenvalue weighted by Gasteiger charge is -2.30. The molecule has 0 aliphatic carbocycles. The minimum Gasteiger partial charge on any atom is -0.317 e. The molecule has 0 bridgehead atoms. The summed E-state index contributed by atoms with van der Waals surface area (Å²) in [6, 6.07) is 4.45. The maximum absolute atomic E-state index is 13.8. The molecular formula is C16H24F2N2. The molecule has 0 spiro atoms. The third-order valence-corrected chi connectivity index (χ3v) is 3.94. The molecule has 1 N–H and O–H groups in total. The van der Waals surface area contributed by atoms with Crippen molar-refractivity contribution in [3.63, 3.8) is 0 Å². The van der Waals surface area contributed by atoms with Crippen LogP contribution in [0.4, 0.5) is 8.78 Å². The van der Waals surface area contributed by atoms with E-state index >= 15 is 0 Å². The molecule has 0 amide bonds. The van der Waals surface area contributed by atoms with E-state index in [1.54, 1.807) is 12.1 Å². The van der Waals surface area contributed by atoms with Gasteiger partial charge in [-0.05, 0) is 50.9 Å². The Bertz CT molecular complexity index is 417. The molecule has 1 aromatic carbocycles. The Morgan fingerprint density at radius 1 is 1.25 bits per heavy atom. The molecule has 1 saturated heterocycles. The van der Waals surface area contributed by atoms with Crippen LogP contribution >= 0.6 is 0 Å². The number of halogens is 2. The van der Waals surface area contributed by atoms with Crippen molar-refractivity contribution in [3.05, 3.63) is 35.4 Å². The van der Waals surface area contributed by atoms with Crippen LogP contribution in [0.2, 0.25) is 0 Å². The van der Waals surface area contributed by atoms with Crippen molar-refractivity contribution >= 4 is 0 Å². The van der Waals surface area contributed by atoms with Crippen molar-refractivity contribution in [2.75, 3.05) is 26.2 Å².